The van der Waals surface area contributed by atoms with Crippen molar-refractivity contribution in [3.05, 3.63) is 64.7 Å². The summed E-state index contributed by atoms with van der Waals surface area (Å²) in [5, 5.41) is 0.799. The Morgan fingerprint density at radius 2 is 1.56 bits per heavy atom. The molecule has 174 valence electrons. The summed E-state index contributed by atoms with van der Waals surface area (Å²) in [6, 6.07) is 11.1. The van der Waals surface area contributed by atoms with Gasteiger partial charge in [-0.3, -0.25) is 24.1 Å². The van der Waals surface area contributed by atoms with Gasteiger partial charge < -0.3 is 9.64 Å². The normalized spacial score (nSPS) is 24.1. The quantitative estimate of drug-likeness (QED) is 0.270. The molecule has 0 aromatic heterocycles. The summed E-state index contributed by atoms with van der Waals surface area (Å²) in [6.45, 7) is 0.128. The van der Waals surface area contributed by atoms with Crippen LogP contribution in [0.4, 0.5) is 11.4 Å². The number of hydrogen-bond donors (Lipinski definition) is 0. The lowest BCUT2D eigenvalue weighted by molar-refractivity contribution is -0.139. The summed E-state index contributed by atoms with van der Waals surface area (Å²) in [7, 11) is 0. The van der Waals surface area contributed by atoms with Gasteiger partial charge in [-0.25, -0.2) is 0 Å². The van der Waals surface area contributed by atoms with Crippen molar-refractivity contribution in [2.75, 3.05) is 16.3 Å². The van der Waals surface area contributed by atoms with Crippen molar-refractivity contribution in [2.24, 2.45) is 17.8 Å². The van der Waals surface area contributed by atoms with E-state index in [1.807, 2.05) is 12.2 Å². The second-order valence-corrected chi connectivity index (χ2v) is 9.43. The largest absolute Gasteiger partial charge is 0.426 e. The van der Waals surface area contributed by atoms with Gasteiger partial charge in [-0.1, -0.05) is 35.4 Å². The van der Waals surface area contributed by atoms with Gasteiger partial charge in [0.25, 0.3) is 0 Å². The number of esters is 1. The van der Waals surface area contributed by atoms with Crippen LogP contribution in [-0.2, 0) is 19.2 Å². The third kappa shape index (κ3) is 3.99. The van der Waals surface area contributed by atoms with Crippen LogP contribution in [0.1, 0.15) is 19.3 Å². The van der Waals surface area contributed by atoms with Gasteiger partial charge in [0.05, 0.1) is 34.2 Å². The molecule has 34 heavy (non-hydrogen) atoms. The highest BCUT2D eigenvalue weighted by Gasteiger charge is 2.47. The van der Waals surface area contributed by atoms with Crippen LogP contribution in [0.2, 0.25) is 10.0 Å². The standard InChI is InChI=1S/C25H20Cl2N2O5/c26-15-5-10-20(27)21(12-15)28-13-14(11-22(28)30)25(33)34-17-8-6-16(7-9-17)29-23(31)18-3-1-2-4-19(18)24(29)32/h1-2,5-10,12,14,18-19H,3-4,11,13H2/t14-,18-,19+/m1/s1. The number of hydrogen-bond acceptors (Lipinski definition) is 5. The number of benzene rings is 2. The Hall–Kier alpha value is -3.16. The third-order valence-electron chi connectivity index (χ3n) is 6.48. The van der Waals surface area contributed by atoms with E-state index in [1.165, 1.54) is 21.9 Å². The van der Waals surface area contributed by atoms with Crippen molar-refractivity contribution in [3.8, 4) is 5.75 Å². The van der Waals surface area contributed by atoms with Crippen molar-refractivity contribution in [3.63, 3.8) is 0 Å². The summed E-state index contributed by atoms with van der Waals surface area (Å²) in [5.41, 5.74) is 0.900. The Balaban J connectivity index is 1.25. The molecule has 3 amide bonds. The number of carbonyl (C=O) groups is 4. The number of carbonyl (C=O) groups excluding carboxylic acids is 4. The van der Waals surface area contributed by atoms with Gasteiger partial charge in [-0.2, -0.15) is 0 Å². The Morgan fingerprint density at radius 3 is 2.21 bits per heavy atom. The molecular formula is C25H20Cl2N2O5. The van der Waals surface area contributed by atoms with Gasteiger partial charge in [0.2, 0.25) is 17.7 Å². The van der Waals surface area contributed by atoms with Gasteiger partial charge in [0.15, 0.2) is 0 Å². The fraction of sp³-hybridized carbons (Fsp3) is 0.280. The zero-order valence-electron chi connectivity index (χ0n) is 17.9. The van der Waals surface area contributed by atoms with Crippen LogP contribution >= 0.6 is 23.2 Å². The van der Waals surface area contributed by atoms with E-state index in [1.54, 1.807) is 30.3 Å². The average Bonchev–Trinajstić information content (AvgIpc) is 3.34. The predicted octanol–water partition coefficient (Wildman–Crippen LogP) is 4.41. The van der Waals surface area contributed by atoms with E-state index in [4.69, 9.17) is 27.9 Å². The topological polar surface area (TPSA) is 84.0 Å². The molecule has 2 fully saturated rings. The maximum absolute atomic E-state index is 12.7. The summed E-state index contributed by atoms with van der Waals surface area (Å²) in [6.07, 6.45) is 5.01. The Bertz CT molecular complexity index is 1200. The van der Waals surface area contributed by atoms with Gasteiger partial charge in [-0.05, 0) is 55.3 Å². The molecule has 0 N–H and O–H groups in total. The Kier molecular flexibility index (Phi) is 5.91. The Labute approximate surface area is 205 Å². The molecule has 0 unspecified atom stereocenters. The van der Waals surface area contributed by atoms with Crippen molar-refractivity contribution >= 4 is 58.3 Å². The molecule has 1 aliphatic carbocycles. The number of halogens is 2. The first-order chi connectivity index (χ1) is 16.3. The van der Waals surface area contributed by atoms with E-state index in [0.29, 0.717) is 34.3 Å². The highest BCUT2D eigenvalue weighted by molar-refractivity contribution is 6.36. The number of anilines is 2. The first-order valence-electron chi connectivity index (χ1n) is 10.9. The molecule has 5 rings (SSSR count). The molecule has 2 heterocycles. The van der Waals surface area contributed by atoms with Gasteiger partial charge >= 0.3 is 5.97 Å². The number of amides is 3. The van der Waals surface area contributed by atoms with Gasteiger partial charge in [0, 0.05) is 18.0 Å². The predicted molar refractivity (Wildman–Crippen MR) is 127 cm³/mol. The molecule has 9 heteroatoms. The van der Waals surface area contributed by atoms with E-state index in [2.05, 4.69) is 0 Å². The average molecular weight is 499 g/mol. The molecule has 0 spiro atoms. The summed E-state index contributed by atoms with van der Waals surface area (Å²) < 4.78 is 5.48. The SMILES string of the molecule is O=C(Oc1ccc(N2C(=O)[C@H]3CC=CC[C@H]3C2=O)cc1)[C@@H]1CC(=O)N(c2cc(Cl)ccc2Cl)C1. The monoisotopic (exact) mass is 498 g/mol. The van der Waals surface area contributed by atoms with E-state index in [9.17, 15) is 19.2 Å². The maximum Gasteiger partial charge on any atom is 0.316 e. The lowest BCUT2D eigenvalue weighted by Crippen LogP contribution is -2.30. The molecule has 0 radical (unpaired) electrons. The smallest absolute Gasteiger partial charge is 0.316 e. The number of allylic oxidation sites excluding steroid dienone is 2. The minimum absolute atomic E-state index is 0.00659. The second-order valence-electron chi connectivity index (χ2n) is 8.58. The summed E-state index contributed by atoms with van der Waals surface area (Å²) in [5.74, 6) is -2.23. The van der Waals surface area contributed by atoms with Crippen LogP contribution in [0.3, 0.4) is 0 Å². The number of fused-ring (bicyclic) bond motifs is 1. The van der Waals surface area contributed by atoms with E-state index < -0.39 is 11.9 Å². The number of nitrogens with zero attached hydrogens (tertiary/aromatic N) is 2. The fourth-order valence-electron chi connectivity index (χ4n) is 4.71. The molecule has 0 saturated carbocycles. The molecule has 2 aromatic rings. The van der Waals surface area contributed by atoms with Crippen LogP contribution < -0.4 is 14.5 Å². The zero-order chi connectivity index (χ0) is 24.0. The van der Waals surface area contributed by atoms with Crippen molar-refractivity contribution in [1.82, 2.24) is 0 Å². The molecule has 2 aliphatic heterocycles. The fourth-order valence-corrected chi connectivity index (χ4v) is 5.09. The lowest BCUT2D eigenvalue weighted by atomic mass is 9.85. The van der Waals surface area contributed by atoms with Gasteiger partial charge in [-0.15, -0.1) is 0 Å². The molecule has 0 bridgehead atoms. The van der Waals surface area contributed by atoms with Crippen molar-refractivity contribution < 1.29 is 23.9 Å². The van der Waals surface area contributed by atoms with E-state index in [-0.39, 0.29) is 48.3 Å². The van der Waals surface area contributed by atoms with Crippen molar-refractivity contribution in [1.29, 1.82) is 0 Å². The lowest BCUT2D eigenvalue weighted by Gasteiger charge is -2.18. The third-order valence-corrected chi connectivity index (χ3v) is 7.03. The molecule has 3 aliphatic rings. The minimum atomic E-state index is -0.667. The first-order valence-corrected chi connectivity index (χ1v) is 11.7. The molecule has 7 nitrogen and oxygen atoms in total. The van der Waals surface area contributed by atoms with Crippen LogP contribution in [0.5, 0.6) is 5.75 Å². The zero-order valence-corrected chi connectivity index (χ0v) is 19.5. The minimum Gasteiger partial charge on any atom is -0.426 e. The van der Waals surface area contributed by atoms with Crippen LogP contribution in [0.15, 0.2) is 54.6 Å². The summed E-state index contributed by atoms with van der Waals surface area (Å²) >= 11 is 12.2. The molecule has 2 aromatic carbocycles. The highest BCUT2D eigenvalue weighted by Crippen LogP contribution is 2.38. The van der Waals surface area contributed by atoms with Crippen LogP contribution in [0, 0.1) is 17.8 Å². The molecule has 3 atom stereocenters. The summed E-state index contributed by atoms with van der Waals surface area (Å²) in [4.78, 5) is 53.4. The molecular weight excluding hydrogens is 479 g/mol. The number of rotatable bonds is 4. The van der Waals surface area contributed by atoms with Gasteiger partial charge in [0.1, 0.15) is 5.75 Å². The molecule has 2 saturated heterocycles. The maximum atomic E-state index is 12.7. The first kappa shape index (κ1) is 22.6. The van der Waals surface area contributed by atoms with Crippen LogP contribution in [0.25, 0.3) is 0 Å². The Morgan fingerprint density at radius 1 is 0.912 bits per heavy atom. The number of ether oxygens (including phenoxy) is 1. The highest BCUT2D eigenvalue weighted by atomic mass is 35.5. The number of imide groups is 1. The van der Waals surface area contributed by atoms with E-state index in [0.717, 1.165) is 0 Å². The van der Waals surface area contributed by atoms with Crippen LogP contribution in [-0.4, -0.2) is 30.2 Å². The van der Waals surface area contributed by atoms with E-state index >= 15 is 0 Å². The van der Waals surface area contributed by atoms with Crippen molar-refractivity contribution in [2.45, 2.75) is 19.3 Å². The second kappa shape index (κ2) is 8.89.